The number of thiophene rings is 1. The number of nitriles is 1. The van der Waals surface area contributed by atoms with Gasteiger partial charge in [0.2, 0.25) is 0 Å². The maximum Gasteiger partial charge on any atom is 0.101 e. The minimum Gasteiger partial charge on any atom is -0.398 e. The summed E-state index contributed by atoms with van der Waals surface area (Å²) in [5.41, 5.74) is 8.27. The van der Waals surface area contributed by atoms with Crippen molar-refractivity contribution in [2.75, 3.05) is 5.73 Å². The van der Waals surface area contributed by atoms with Crippen molar-refractivity contribution in [2.24, 2.45) is 0 Å². The van der Waals surface area contributed by atoms with Crippen molar-refractivity contribution in [1.29, 1.82) is 5.26 Å². The van der Waals surface area contributed by atoms with E-state index < -0.39 is 0 Å². The normalized spacial score (nSPS) is 10.3. The number of nitrogen functional groups attached to an aromatic ring is 1. The zero-order chi connectivity index (χ0) is 10.1. The van der Waals surface area contributed by atoms with Crippen LogP contribution in [0.1, 0.15) is 11.1 Å². The first-order valence-corrected chi connectivity index (χ1v) is 6.02. The van der Waals surface area contributed by atoms with E-state index in [9.17, 15) is 0 Å². The van der Waals surface area contributed by atoms with Crippen LogP contribution in [0.3, 0.4) is 0 Å². The lowest BCUT2D eigenvalue weighted by Gasteiger charge is -2.04. The van der Waals surface area contributed by atoms with Crippen LogP contribution in [-0.2, 0) is 5.33 Å². The molecule has 14 heavy (non-hydrogen) atoms. The molecule has 2 aromatic rings. The molecule has 0 saturated carbocycles. The molecule has 2 nitrogen and oxygen atoms in total. The third-order valence-corrected chi connectivity index (χ3v) is 3.65. The van der Waals surface area contributed by atoms with Gasteiger partial charge in [0.05, 0.1) is 10.3 Å². The second kappa shape index (κ2) is 3.60. The van der Waals surface area contributed by atoms with Gasteiger partial charge in [-0.15, -0.1) is 11.3 Å². The van der Waals surface area contributed by atoms with E-state index >= 15 is 0 Å². The highest BCUT2D eigenvalue weighted by Gasteiger charge is 2.09. The Hall–Kier alpha value is -1.05. The third kappa shape index (κ3) is 1.29. The predicted molar refractivity (Wildman–Crippen MR) is 63.6 cm³/mol. The number of anilines is 1. The Labute approximate surface area is 94.1 Å². The number of hydrogen-bond donors (Lipinski definition) is 1. The highest BCUT2D eigenvalue weighted by atomic mass is 79.9. The predicted octanol–water partition coefficient (Wildman–Crippen LogP) is 3.25. The summed E-state index contributed by atoms with van der Waals surface area (Å²) in [4.78, 5) is 0. The van der Waals surface area contributed by atoms with Crippen LogP contribution in [0.25, 0.3) is 10.1 Å². The molecule has 0 bridgehead atoms. The van der Waals surface area contributed by atoms with Gasteiger partial charge >= 0.3 is 0 Å². The Morgan fingerprint density at radius 1 is 1.57 bits per heavy atom. The molecule has 2 rings (SSSR count). The molecule has 0 saturated heterocycles. The summed E-state index contributed by atoms with van der Waals surface area (Å²) in [6, 6.07) is 5.92. The molecule has 0 spiro atoms. The highest BCUT2D eigenvalue weighted by Crippen LogP contribution is 2.32. The van der Waals surface area contributed by atoms with Crippen molar-refractivity contribution in [3.63, 3.8) is 0 Å². The van der Waals surface area contributed by atoms with E-state index in [1.54, 1.807) is 17.4 Å². The lowest BCUT2D eigenvalue weighted by Crippen LogP contribution is -1.93. The van der Waals surface area contributed by atoms with Crippen molar-refractivity contribution in [3.8, 4) is 6.07 Å². The molecule has 0 unspecified atom stereocenters. The number of alkyl halides is 1. The summed E-state index contributed by atoms with van der Waals surface area (Å²) in [6.07, 6.45) is 0. The summed E-state index contributed by atoms with van der Waals surface area (Å²) in [6.45, 7) is 0. The SMILES string of the molecule is N#Cc1cc(N)c(CBr)c2ccsc12. The van der Waals surface area contributed by atoms with E-state index in [2.05, 4.69) is 22.0 Å². The van der Waals surface area contributed by atoms with E-state index in [-0.39, 0.29) is 0 Å². The summed E-state index contributed by atoms with van der Waals surface area (Å²) < 4.78 is 1.02. The van der Waals surface area contributed by atoms with Crippen LogP contribution in [0.15, 0.2) is 17.5 Å². The zero-order valence-electron chi connectivity index (χ0n) is 7.25. The number of hydrogen-bond acceptors (Lipinski definition) is 3. The van der Waals surface area contributed by atoms with Crippen LogP contribution < -0.4 is 5.73 Å². The van der Waals surface area contributed by atoms with Crippen LogP contribution in [0, 0.1) is 11.3 Å². The molecule has 4 heteroatoms. The molecule has 1 aromatic heterocycles. The molecule has 0 aliphatic carbocycles. The largest absolute Gasteiger partial charge is 0.398 e. The Morgan fingerprint density at radius 3 is 3.00 bits per heavy atom. The molecule has 0 atom stereocenters. The third-order valence-electron chi connectivity index (χ3n) is 2.14. The van der Waals surface area contributed by atoms with Gasteiger partial charge in [0.1, 0.15) is 6.07 Å². The molecule has 0 aliphatic rings. The minimum atomic E-state index is 0.664. The smallest absolute Gasteiger partial charge is 0.101 e. The average molecular weight is 267 g/mol. The zero-order valence-corrected chi connectivity index (χ0v) is 9.65. The fourth-order valence-electron chi connectivity index (χ4n) is 1.45. The average Bonchev–Trinajstić information content (AvgIpc) is 2.65. The number of fused-ring (bicyclic) bond motifs is 1. The maximum absolute atomic E-state index is 8.93. The van der Waals surface area contributed by atoms with Crippen molar-refractivity contribution >= 4 is 43.0 Å². The first-order valence-electron chi connectivity index (χ1n) is 4.02. The van der Waals surface area contributed by atoms with Gasteiger partial charge in [-0.1, -0.05) is 15.9 Å². The quantitative estimate of drug-likeness (QED) is 0.637. The summed E-state index contributed by atoms with van der Waals surface area (Å²) in [5, 5.41) is 12.7. The Kier molecular flexibility index (Phi) is 2.44. The van der Waals surface area contributed by atoms with E-state index in [1.807, 2.05) is 11.4 Å². The summed E-state index contributed by atoms with van der Waals surface area (Å²) in [7, 11) is 0. The van der Waals surface area contributed by atoms with E-state index in [0.29, 0.717) is 11.3 Å². The van der Waals surface area contributed by atoms with Crippen molar-refractivity contribution < 1.29 is 0 Å². The van der Waals surface area contributed by atoms with Crippen molar-refractivity contribution in [3.05, 3.63) is 28.6 Å². The highest BCUT2D eigenvalue weighted by molar-refractivity contribution is 9.08. The fourth-order valence-corrected chi connectivity index (χ4v) is 2.97. The van der Waals surface area contributed by atoms with Crippen LogP contribution in [0.4, 0.5) is 5.69 Å². The van der Waals surface area contributed by atoms with E-state index in [0.717, 1.165) is 21.0 Å². The Bertz CT molecular complexity index is 525. The van der Waals surface area contributed by atoms with E-state index in [4.69, 9.17) is 11.0 Å². The van der Waals surface area contributed by atoms with Gasteiger partial charge < -0.3 is 5.73 Å². The minimum absolute atomic E-state index is 0.664. The van der Waals surface area contributed by atoms with Gasteiger partial charge in [0.25, 0.3) is 0 Å². The first-order chi connectivity index (χ1) is 6.77. The molecule has 0 amide bonds. The topological polar surface area (TPSA) is 49.8 Å². The second-order valence-electron chi connectivity index (χ2n) is 2.90. The lowest BCUT2D eigenvalue weighted by molar-refractivity contribution is 1.47. The van der Waals surface area contributed by atoms with Crippen LogP contribution >= 0.6 is 27.3 Å². The molecule has 0 fully saturated rings. The Morgan fingerprint density at radius 2 is 2.36 bits per heavy atom. The van der Waals surface area contributed by atoms with E-state index in [1.165, 1.54) is 0 Å². The van der Waals surface area contributed by atoms with Crippen LogP contribution in [0.5, 0.6) is 0 Å². The van der Waals surface area contributed by atoms with Crippen molar-refractivity contribution in [1.82, 2.24) is 0 Å². The Balaban J connectivity index is 2.90. The summed E-state index contributed by atoms with van der Waals surface area (Å²) in [5.74, 6) is 0. The number of rotatable bonds is 1. The van der Waals surface area contributed by atoms with Crippen LogP contribution in [-0.4, -0.2) is 0 Å². The molecule has 0 radical (unpaired) electrons. The van der Waals surface area contributed by atoms with Gasteiger partial charge in [0, 0.05) is 11.0 Å². The van der Waals surface area contributed by atoms with Gasteiger partial charge in [-0.05, 0) is 28.5 Å². The molecule has 70 valence electrons. The molecular weight excluding hydrogens is 260 g/mol. The molecular formula is C10H7BrN2S. The van der Waals surface area contributed by atoms with Gasteiger partial charge in [-0.25, -0.2) is 0 Å². The molecule has 1 heterocycles. The van der Waals surface area contributed by atoms with Crippen LogP contribution in [0.2, 0.25) is 0 Å². The maximum atomic E-state index is 8.93. The van der Waals surface area contributed by atoms with Gasteiger partial charge in [0.15, 0.2) is 0 Å². The van der Waals surface area contributed by atoms with Gasteiger partial charge in [-0.3, -0.25) is 0 Å². The van der Waals surface area contributed by atoms with Gasteiger partial charge in [-0.2, -0.15) is 5.26 Å². The number of benzene rings is 1. The number of nitrogens with zero attached hydrogens (tertiary/aromatic N) is 1. The molecule has 0 aliphatic heterocycles. The molecule has 1 aromatic carbocycles. The lowest BCUT2D eigenvalue weighted by atomic mass is 10.1. The number of halogens is 1. The first kappa shape index (κ1) is 9.50. The standard InChI is InChI=1S/C10H7BrN2S/c11-4-8-7-1-2-14-10(7)6(5-12)3-9(8)13/h1-3H,4,13H2. The number of nitrogens with two attached hydrogens (primary N) is 1. The van der Waals surface area contributed by atoms with Crippen molar-refractivity contribution in [2.45, 2.75) is 5.33 Å². The fraction of sp³-hybridized carbons (Fsp3) is 0.100. The molecule has 2 N–H and O–H groups in total. The monoisotopic (exact) mass is 266 g/mol. The summed E-state index contributed by atoms with van der Waals surface area (Å²) >= 11 is 4.98. The second-order valence-corrected chi connectivity index (χ2v) is 4.38.